The molecule has 4 N–H and O–H groups in total. The van der Waals surface area contributed by atoms with Crippen molar-refractivity contribution in [2.24, 2.45) is 11.8 Å². The molecule has 12 nitrogen and oxygen atoms in total. The average molecular weight is 907 g/mol. The topological polar surface area (TPSA) is 169 Å². The van der Waals surface area contributed by atoms with E-state index >= 15 is 0 Å². The molecule has 1 aliphatic rings. The van der Waals surface area contributed by atoms with Gasteiger partial charge in [-0.3, -0.25) is 18.6 Å². The predicted octanol–water partition coefficient (Wildman–Crippen LogP) is 9.95. The summed E-state index contributed by atoms with van der Waals surface area (Å²) in [7, 11) is 1.28. The van der Waals surface area contributed by atoms with Crippen LogP contribution in [0.25, 0.3) is 0 Å². The van der Waals surface area contributed by atoms with Gasteiger partial charge in [0.15, 0.2) is 6.10 Å². The summed E-state index contributed by atoms with van der Waals surface area (Å²) in [5.74, 6) is -1.53. The Morgan fingerprint density at radius 2 is 1.27 bits per heavy atom. The Hall–Kier alpha value is -2.93. The third-order valence-electron chi connectivity index (χ3n) is 10.5. The van der Waals surface area contributed by atoms with E-state index < -0.39 is 50.8 Å². The van der Waals surface area contributed by atoms with Gasteiger partial charge in [0.05, 0.1) is 46.1 Å². The van der Waals surface area contributed by atoms with Crippen molar-refractivity contribution in [2.45, 2.75) is 160 Å². The number of carbonyl (C=O) groups excluding carboxylic acids is 2. The molecular weight excluding hydrogens is 822 g/mol. The molecule has 1 aliphatic carbocycles. The molecule has 63 heavy (non-hydrogen) atoms. The number of quaternary nitrogens is 1. The number of carbonyl (C=O) groups is 2. The first-order valence-corrected chi connectivity index (χ1v) is 25.1. The standard InChI is InChI=1S/C50H84NO11P/c1-6-8-10-11-12-13-14-15-16-17-18-19-20-21-22-23-24-25-30-34-49(55)59-41-44(42-61-63(57,58)60-39-38-51(3,4)5)62-50(56)35-31-27-26-29-33-45-46(48(54)40-47(45)53)37-36-43(52)32-28-9-7-2/h12-13,15-16,18-19,21-22,24-26,29,36-37,43-48,52-54H,6-11,14,17,20,23,27-28,30-35,38-42H2,1-5H3/p+1/b13-12-,16-15-,19-18-,22-21-,25-24-,29-26+,37-36+/t43-,44+,45+,46+,47-,48+/m0/s1. The number of esters is 2. The smallest absolute Gasteiger partial charge is 0.462 e. The largest absolute Gasteiger partial charge is 0.472 e. The lowest BCUT2D eigenvalue weighted by Gasteiger charge is -2.24. The van der Waals surface area contributed by atoms with Gasteiger partial charge in [0.25, 0.3) is 0 Å². The summed E-state index contributed by atoms with van der Waals surface area (Å²) in [6.45, 7) is 3.90. The van der Waals surface area contributed by atoms with Crippen LogP contribution in [-0.2, 0) is 32.7 Å². The van der Waals surface area contributed by atoms with Gasteiger partial charge < -0.3 is 34.2 Å². The summed E-state index contributed by atoms with van der Waals surface area (Å²) in [5, 5.41) is 31.4. The van der Waals surface area contributed by atoms with Crippen molar-refractivity contribution in [3.8, 4) is 0 Å². The molecule has 0 bridgehead atoms. The van der Waals surface area contributed by atoms with Crippen LogP contribution in [0.1, 0.15) is 136 Å². The molecule has 360 valence electrons. The first kappa shape index (κ1) is 58.1. The van der Waals surface area contributed by atoms with Gasteiger partial charge in [-0.15, -0.1) is 0 Å². The van der Waals surface area contributed by atoms with Crippen molar-refractivity contribution >= 4 is 19.8 Å². The molecule has 0 spiro atoms. The number of allylic oxidation sites excluding steroid dienone is 12. The lowest BCUT2D eigenvalue weighted by molar-refractivity contribution is -0.870. The van der Waals surface area contributed by atoms with E-state index in [1.165, 1.54) is 25.7 Å². The third kappa shape index (κ3) is 33.2. The second-order valence-corrected chi connectivity index (χ2v) is 18.9. The minimum absolute atomic E-state index is 0.0277. The number of phosphoric acid groups is 1. The number of phosphoric ester groups is 1. The highest BCUT2D eigenvalue weighted by molar-refractivity contribution is 7.47. The fourth-order valence-electron chi connectivity index (χ4n) is 6.69. The molecule has 1 rings (SSSR count). The Bertz CT molecular complexity index is 1460. The van der Waals surface area contributed by atoms with Crippen LogP contribution >= 0.6 is 7.82 Å². The van der Waals surface area contributed by atoms with Crippen LogP contribution in [0.15, 0.2) is 85.1 Å². The van der Waals surface area contributed by atoms with E-state index in [0.29, 0.717) is 43.1 Å². The molecule has 0 aromatic heterocycles. The van der Waals surface area contributed by atoms with Gasteiger partial charge >= 0.3 is 19.8 Å². The number of hydrogen-bond acceptors (Lipinski definition) is 10. The summed E-state index contributed by atoms with van der Waals surface area (Å²) >= 11 is 0. The van der Waals surface area contributed by atoms with Crippen molar-refractivity contribution in [3.63, 3.8) is 0 Å². The first-order chi connectivity index (χ1) is 30.2. The molecule has 0 saturated heterocycles. The molecule has 0 heterocycles. The van der Waals surface area contributed by atoms with E-state index in [2.05, 4.69) is 62.5 Å². The molecule has 13 heteroatoms. The fourth-order valence-corrected chi connectivity index (χ4v) is 7.44. The Morgan fingerprint density at radius 1 is 0.698 bits per heavy atom. The summed E-state index contributed by atoms with van der Waals surface area (Å²) < 4.78 is 34.2. The number of unbranched alkanes of at least 4 members (excludes halogenated alkanes) is 6. The fraction of sp³-hybridized carbons (Fsp3) is 0.680. The Balaban J connectivity index is 2.54. The van der Waals surface area contributed by atoms with Crippen LogP contribution in [0.3, 0.4) is 0 Å². The summed E-state index contributed by atoms with van der Waals surface area (Å²) in [6.07, 6.45) is 40.3. The third-order valence-corrected chi connectivity index (χ3v) is 11.5. The number of ether oxygens (including phenoxy) is 2. The molecule has 7 atom stereocenters. The maximum atomic E-state index is 12.8. The Labute approximate surface area is 380 Å². The number of hydrogen-bond donors (Lipinski definition) is 4. The SMILES string of the molecule is CCCCC/C=C\C/C=C\C/C=C\C/C=C\C/C=C\CCC(=O)OC[C@H](COP(=O)(O)OCC[N+](C)(C)C)OC(=O)CCC/C=C/C[C@@H]1[C@@H](/C=C/[C@@H](O)CCCCC)[C@H](O)C[C@@H]1O. The van der Waals surface area contributed by atoms with Crippen molar-refractivity contribution in [2.75, 3.05) is 47.5 Å². The van der Waals surface area contributed by atoms with E-state index in [1.54, 1.807) is 6.08 Å². The van der Waals surface area contributed by atoms with Gasteiger partial charge in [-0.2, -0.15) is 0 Å². The zero-order chi connectivity index (χ0) is 46.6. The van der Waals surface area contributed by atoms with Crippen molar-refractivity contribution < 1.29 is 57.4 Å². The van der Waals surface area contributed by atoms with Gasteiger partial charge in [0, 0.05) is 25.2 Å². The maximum absolute atomic E-state index is 12.8. The molecule has 0 radical (unpaired) electrons. The lowest BCUT2D eigenvalue weighted by Crippen LogP contribution is -2.37. The van der Waals surface area contributed by atoms with Gasteiger partial charge in [-0.05, 0) is 76.5 Å². The van der Waals surface area contributed by atoms with Gasteiger partial charge in [-0.25, -0.2) is 4.57 Å². The zero-order valence-electron chi connectivity index (χ0n) is 39.4. The van der Waals surface area contributed by atoms with Crippen LogP contribution in [0.4, 0.5) is 0 Å². The molecule has 0 amide bonds. The van der Waals surface area contributed by atoms with E-state index in [-0.39, 0.29) is 44.3 Å². The quantitative estimate of drug-likeness (QED) is 0.0154. The van der Waals surface area contributed by atoms with Crippen LogP contribution in [0.5, 0.6) is 0 Å². The van der Waals surface area contributed by atoms with Crippen molar-refractivity contribution in [1.82, 2.24) is 0 Å². The second kappa shape index (κ2) is 36.3. The van der Waals surface area contributed by atoms with Crippen LogP contribution < -0.4 is 0 Å². The van der Waals surface area contributed by atoms with E-state index in [4.69, 9.17) is 18.5 Å². The summed E-state index contributed by atoms with van der Waals surface area (Å²) in [4.78, 5) is 35.6. The Morgan fingerprint density at radius 3 is 1.89 bits per heavy atom. The number of nitrogens with zero attached hydrogens (tertiary/aromatic N) is 1. The average Bonchev–Trinajstić information content (AvgIpc) is 3.50. The number of aliphatic hydroxyl groups is 3. The van der Waals surface area contributed by atoms with Crippen LogP contribution in [0.2, 0.25) is 0 Å². The van der Waals surface area contributed by atoms with Gasteiger partial charge in [-0.1, -0.05) is 131 Å². The molecule has 1 unspecified atom stereocenters. The van der Waals surface area contributed by atoms with Crippen LogP contribution in [0, 0.1) is 11.8 Å². The lowest BCUT2D eigenvalue weighted by atomic mass is 9.89. The predicted molar refractivity (Wildman–Crippen MR) is 254 cm³/mol. The molecule has 0 aromatic rings. The van der Waals surface area contributed by atoms with E-state index in [9.17, 15) is 34.4 Å². The maximum Gasteiger partial charge on any atom is 0.472 e. The van der Waals surface area contributed by atoms with E-state index in [0.717, 1.165) is 44.9 Å². The molecular formula is C50H85NO11P+. The normalized spacial score (nSPS) is 20.7. The minimum atomic E-state index is -4.47. The highest BCUT2D eigenvalue weighted by Gasteiger charge is 2.39. The molecule has 1 saturated carbocycles. The van der Waals surface area contributed by atoms with Crippen molar-refractivity contribution in [1.29, 1.82) is 0 Å². The molecule has 0 aromatic carbocycles. The monoisotopic (exact) mass is 907 g/mol. The van der Waals surface area contributed by atoms with Gasteiger partial charge in [0.2, 0.25) is 0 Å². The zero-order valence-corrected chi connectivity index (χ0v) is 40.2. The Kier molecular flexibility index (Phi) is 33.5. The molecule has 1 fully saturated rings. The first-order valence-electron chi connectivity index (χ1n) is 23.6. The summed E-state index contributed by atoms with van der Waals surface area (Å²) in [6, 6.07) is 0. The summed E-state index contributed by atoms with van der Waals surface area (Å²) in [5.41, 5.74) is 0. The minimum Gasteiger partial charge on any atom is -0.462 e. The second-order valence-electron chi connectivity index (χ2n) is 17.4. The highest BCUT2D eigenvalue weighted by atomic mass is 31.2. The molecule has 0 aliphatic heterocycles. The van der Waals surface area contributed by atoms with Gasteiger partial charge in [0.1, 0.15) is 19.8 Å². The highest BCUT2D eigenvalue weighted by Crippen LogP contribution is 2.43. The van der Waals surface area contributed by atoms with Crippen molar-refractivity contribution in [3.05, 3.63) is 85.1 Å². The van der Waals surface area contributed by atoms with E-state index in [1.807, 2.05) is 51.5 Å². The number of rotatable bonds is 37. The number of likely N-dealkylation sites (N-methyl/N-ethyl adjacent to an activating group) is 1. The van der Waals surface area contributed by atoms with Crippen LogP contribution in [-0.4, -0.2) is 109 Å². The number of aliphatic hydroxyl groups excluding tert-OH is 3.